The van der Waals surface area contributed by atoms with Crippen molar-refractivity contribution in [3.8, 4) is 0 Å². The number of fused-ring (bicyclic) bond motifs is 3. The van der Waals surface area contributed by atoms with Crippen molar-refractivity contribution in [3.05, 3.63) is 35.5 Å². The Morgan fingerprint density at radius 3 is 2.88 bits per heavy atom. The summed E-state index contributed by atoms with van der Waals surface area (Å²) in [5.41, 5.74) is 3.77. The van der Waals surface area contributed by atoms with Crippen LogP contribution in [-0.2, 0) is 16.9 Å². The Hall–Kier alpha value is -1.28. The summed E-state index contributed by atoms with van der Waals surface area (Å²) in [6, 6.07) is 8.91. The molecule has 3 rings (SSSR count). The molecule has 0 amide bonds. The Balaban J connectivity index is 2.32. The Bertz CT molecular complexity index is 551. The zero-order chi connectivity index (χ0) is 11.3. The monoisotopic (exact) mass is 215 g/mol. The number of hydrogen-bond donors (Lipinski definition) is 0. The molecule has 0 atom stereocenters. The first-order chi connectivity index (χ1) is 7.58. The van der Waals surface area contributed by atoms with E-state index >= 15 is 0 Å². The maximum Gasteiger partial charge on any atom is 0.102 e. The number of benzene rings is 1. The fourth-order valence-corrected chi connectivity index (χ4v) is 2.60. The van der Waals surface area contributed by atoms with Crippen molar-refractivity contribution < 1.29 is 4.74 Å². The van der Waals surface area contributed by atoms with E-state index < -0.39 is 0 Å². The van der Waals surface area contributed by atoms with Crippen molar-refractivity contribution >= 4 is 10.9 Å². The smallest absolute Gasteiger partial charge is 0.102 e. The zero-order valence-corrected chi connectivity index (χ0v) is 10.1. The van der Waals surface area contributed by atoms with Gasteiger partial charge in [0.15, 0.2) is 0 Å². The minimum absolute atomic E-state index is 0.162. The Morgan fingerprint density at radius 2 is 2.06 bits per heavy atom. The van der Waals surface area contributed by atoms with Crippen LogP contribution in [0.4, 0.5) is 0 Å². The number of ether oxygens (including phenoxy) is 1. The molecule has 0 saturated carbocycles. The molecule has 1 aromatic carbocycles. The topological polar surface area (TPSA) is 14.2 Å². The first kappa shape index (κ1) is 9.91. The van der Waals surface area contributed by atoms with E-state index in [-0.39, 0.29) is 5.60 Å². The highest BCUT2D eigenvalue weighted by molar-refractivity contribution is 5.82. The standard InChI is InChI=1S/C14H17NO/c1-10-4-5-12-11(8-10)9-13-14(2,3)16-7-6-15(12)13/h4-5,8-9H,6-7H2,1-3H3. The van der Waals surface area contributed by atoms with E-state index in [0.29, 0.717) is 0 Å². The maximum atomic E-state index is 5.83. The van der Waals surface area contributed by atoms with Gasteiger partial charge in [-0.2, -0.15) is 0 Å². The summed E-state index contributed by atoms with van der Waals surface area (Å²) in [4.78, 5) is 0. The molecular weight excluding hydrogens is 198 g/mol. The molecule has 0 saturated heterocycles. The summed E-state index contributed by atoms with van der Waals surface area (Å²) in [7, 11) is 0. The van der Waals surface area contributed by atoms with Gasteiger partial charge in [-0.1, -0.05) is 11.6 Å². The molecule has 1 aliphatic rings. The summed E-state index contributed by atoms with van der Waals surface area (Å²) in [6.07, 6.45) is 0. The molecule has 2 heterocycles. The van der Waals surface area contributed by atoms with Crippen molar-refractivity contribution in [1.82, 2.24) is 4.57 Å². The molecule has 1 aromatic heterocycles. The van der Waals surface area contributed by atoms with Crippen LogP contribution in [-0.4, -0.2) is 11.2 Å². The molecule has 0 radical (unpaired) electrons. The molecule has 0 N–H and O–H groups in total. The van der Waals surface area contributed by atoms with Gasteiger partial charge in [0.2, 0.25) is 0 Å². The van der Waals surface area contributed by atoms with Crippen LogP contribution in [0.25, 0.3) is 10.9 Å². The third-order valence-electron chi connectivity index (χ3n) is 3.45. The Kier molecular flexibility index (Phi) is 1.93. The molecule has 84 valence electrons. The molecule has 0 spiro atoms. The van der Waals surface area contributed by atoms with Crippen molar-refractivity contribution in [3.63, 3.8) is 0 Å². The lowest BCUT2D eigenvalue weighted by Gasteiger charge is -2.32. The number of nitrogens with zero attached hydrogens (tertiary/aromatic N) is 1. The van der Waals surface area contributed by atoms with Crippen LogP contribution in [0.1, 0.15) is 25.1 Å². The van der Waals surface area contributed by atoms with Gasteiger partial charge in [-0.3, -0.25) is 0 Å². The predicted molar refractivity (Wildman–Crippen MR) is 65.7 cm³/mol. The van der Waals surface area contributed by atoms with Gasteiger partial charge in [-0.25, -0.2) is 0 Å². The second kappa shape index (κ2) is 3.11. The minimum atomic E-state index is -0.162. The third-order valence-corrected chi connectivity index (χ3v) is 3.45. The fourth-order valence-electron chi connectivity index (χ4n) is 2.60. The summed E-state index contributed by atoms with van der Waals surface area (Å²) < 4.78 is 8.22. The van der Waals surface area contributed by atoms with Crippen molar-refractivity contribution in [2.24, 2.45) is 0 Å². The second-order valence-corrected chi connectivity index (χ2v) is 5.10. The fraction of sp³-hybridized carbons (Fsp3) is 0.429. The number of rotatable bonds is 0. The minimum Gasteiger partial charge on any atom is -0.367 e. The molecule has 0 bridgehead atoms. The van der Waals surface area contributed by atoms with Gasteiger partial charge in [0.1, 0.15) is 5.60 Å². The Labute approximate surface area is 95.8 Å². The summed E-state index contributed by atoms with van der Waals surface area (Å²) in [6.45, 7) is 8.19. The van der Waals surface area contributed by atoms with Gasteiger partial charge >= 0.3 is 0 Å². The number of aromatic nitrogens is 1. The van der Waals surface area contributed by atoms with Gasteiger partial charge in [0, 0.05) is 17.4 Å². The molecule has 2 aromatic rings. The van der Waals surface area contributed by atoms with E-state index in [1.54, 1.807) is 0 Å². The van der Waals surface area contributed by atoms with E-state index in [1.165, 1.54) is 22.2 Å². The first-order valence-electron chi connectivity index (χ1n) is 5.82. The average molecular weight is 215 g/mol. The summed E-state index contributed by atoms with van der Waals surface area (Å²) in [5.74, 6) is 0. The second-order valence-electron chi connectivity index (χ2n) is 5.10. The van der Waals surface area contributed by atoms with E-state index in [2.05, 4.69) is 49.6 Å². The van der Waals surface area contributed by atoms with Gasteiger partial charge in [-0.15, -0.1) is 0 Å². The molecular formula is C14H17NO. The molecule has 2 nitrogen and oxygen atoms in total. The highest BCUT2D eigenvalue weighted by Crippen LogP contribution is 2.33. The van der Waals surface area contributed by atoms with Crippen LogP contribution < -0.4 is 0 Å². The quantitative estimate of drug-likeness (QED) is 0.658. The molecule has 0 aliphatic carbocycles. The van der Waals surface area contributed by atoms with Crippen LogP contribution in [0.3, 0.4) is 0 Å². The van der Waals surface area contributed by atoms with Crippen LogP contribution >= 0.6 is 0 Å². The lowest BCUT2D eigenvalue weighted by molar-refractivity contribution is -0.0493. The first-order valence-corrected chi connectivity index (χ1v) is 5.82. The van der Waals surface area contributed by atoms with Gasteiger partial charge in [-0.05, 0) is 39.0 Å². The molecule has 16 heavy (non-hydrogen) atoms. The van der Waals surface area contributed by atoms with E-state index in [1.807, 2.05) is 0 Å². The van der Waals surface area contributed by atoms with E-state index in [0.717, 1.165) is 13.2 Å². The van der Waals surface area contributed by atoms with Crippen LogP contribution in [0.15, 0.2) is 24.3 Å². The van der Waals surface area contributed by atoms with Gasteiger partial charge in [0.05, 0.1) is 12.3 Å². The SMILES string of the molecule is Cc1ccc2c(c1)cc1n2CCOC1(C)C. The molecule has 1 aliphatic heterocycles. The normalized spacial score (nSPS) is 18.7. The summed E-state index contributed by atoms with van der Waals surface area (Å²) in [5, 5.41) is 1.33. The van der Waals surface area contributed by atoms with Crippen LogP contribution in [0.5, 0.6) is 0 Å². The summed E-state index contributed by atoms with van der Waals surface area (Å²) >= 11 is 0. The van der Waals surface area contributed by atoms with Gasteiger partial charge < -0.3 is 9.30 Å². The number of aryl methyl sites for hydroxylation is 1. The van der Waals surface area contributed by atoms with Crippen LogP contribution in [0, 0.1) is 6.92 Å². The zero-order valence-electron chi connectivity index (χ0n) is 10.1. The lowest BCUT2D eigenvalue weighted by Crippen LogP contribution is -2.32. The van der Waals surface area contributed by atoms with Gasteiger partial charge in [0.25, 0.3) is 0 Å². The van der Waals surface area contributed by atoms with E-state index in [9.17, 15) is 0 Å². The third kappa shape index (κ3) is 1.30. The van der Waals surface area contributed by atoms with Crippen molar-refractivity contribution in [2.75, 3.05) is 6.61 Å². The van der Waals surface area contributed by atoms with Crippen LogP contribution in [0.2, 0.25) is 0 Å². The van der Waals surface area contributed by atoms with E-state index in [4.69, 9.17) is 4.74 Å². The number of hydrogen-bond acceptors (Lipinski definition) is 1. The molecule has 0 fully saturated rings. The van der Waals surface area contributed by atoms with Crippen molar-refractivity contribution in [1.29, 1.82) is 0 Å². The van der Waals surface area contributed by atoms with Crippen molar-refractivity contribution in [2.45, 2.75) is 32.9 Å². The Morgan fingerprint density at radius 1 is 1.25 bits per heavy atom. The average Bonchev–Trinajstić information content (AvgIpc) is 2.57. The lowest BCUT2D eigenvalue weighted by atomic mass is 10.0. The molecule has 2 heteroatoms. The molecule has 0 unspecified atom stereocenters. The highest BCUT2D eigenvalue weighted by atomic mass is 16.5. The maximum absolute atomic E-state index is 5.83. The highest BCUT2D eigenvalue weighted by Gasteiger charge is 2.29. The largest absolute Gasteiger partial charge is 0.367 e. The predicted octanol–water partition coefficient (Wildman–Crippen LogP) is 3.22.